The van der Waals surface area contributed by atoms with Crippen LogP contribution in [0.1, 0.15) is 31.4 Å². The maximum atomic E-state index is 12.8. The van der Waals surface area contributed by atoms with Gasteiger partial charge >= 0.3 is 0 Å². The lowest BCUT2D eigenvalue weighted by molar-refractivity contribution is -0.127. The fourth-order valence-corrected chi connectivity index (χ4v) is 2.44. The monoisotopic (exact) mass is 264 g/mol. The van der Waals surface area contributed by atoms with E-state index in [2.05, 4.69) is 17.3 Å². The zero-order valence-corrected chi connectivity index (χ0v) is 11.5. The molecule has 0 radical (unpaired) electrons. The first kappa shape index (κ1) is 14.0. The second-order valence-corrected chi connectivity index (χ2v) is 5.36. The molecule has 0 bridgehead atoms. The molecule has 1 atom stereocenters. The highest BCUT2D eigenvalue weighted by molar-refractivity contribution is 5.79. The minimum atomic E-state index is -0.252. The van der Waals surface area contributed by atoms with E-state index >= 15 is 0 Å². The standard InChI is InChI=1S/C15H21FN2O/c1-11(12-3-5-14(16)6-4-12)17-15(19)13-7-9-18(2)10-8-13/h3-6,11,13H,7-10H2,1-2H3,(H,17,19)/t11-/m1/s1. The van der Waals surface area contributed by atoms with Crippen molar-refractivity contribution in [3.05, 3.63) is 35.6 Å². The quantitative estimate of drug-likeness (QED) is 0.909. The van der Waals surface area contributed by atoms with Crippen LogP contribution in [-0.2, 0) is 4.79 Å². The lowest BCUT2D eigenvalue weighted by Crippen LogP contribution is -2.39. The Kier molecular flexibility index (Phi) is 4.53. The van der Waals surface area contributed by atoms with Crippen LogP contribution in [0.2, 0.25) is 0 Å². The third-order valence-electron chi connectivity index (χ3n) is 3.82. The molecule has 104 valence electrons. The smallest absolute Gasteiger partial charge is 0.223 e. The van der Waals surface area contributed by atoms with Crippen LogP contribution in [-0.4, -0.2) is 30.9 Å². The summed E-state index contributed by atoms with van der Waals surface area (Å²) >= 11 is 0. The van der Waals surface area contributed by atoms with Gasteiger partial charge in [-0.2, -0.15) is 0 Å². The summed E-state index contributed by atoms with van der Waals surface area (Å²) in [5.41, 5.74) is 0.933. The number of halogens is 1. The number of hydrogen-bond acceptors (Lipinski definition) is 2. The minimum absolute atomic E-state index is 0.0762. The summed E-state index contributed by atoms with van der Waals surface area (Å²) in [7, 11) is 2.08. The van der Waals surface area contributed by atoms with Gasteiger partial charge in [0.15, 0.2) is 0 Å². The molecular formula is C15H21FN2O. The highest BCUT2D eigenvalue weighted by Crippen LogP contribution is 2.19. The molecular weight excluding hydrogens is 243 g/mol. The van der Waals surface area contributed by atoms with Gasteiger partial charge in [0.05, 0.1) is 6.04 Å². The summed E-state index contributed by atoms with van der Waals surface area (Å²) in [6.07, 6.45) is 1.83. The van der Waals surface area contributed by atoms with Crippen LogP contribution < -0.4 is 5.32 Å². The summed E-state index contributed by atoms with van der Waals surface area (Å²) in [6.45, 7) is 3.88. The number of carbonyl (C=O) groups is 1. The molecule has 0 aromatic heterocycles. The van der Waals surface area contributed by atoms with E-state index in [9.17, 15) is 9.18 Å². The molecule has 1 saturated heterocycles. The highest BCUT2D eigenvalue weighted by Gasteiger charge is 2.24. The maximum Gasteiger partial charge on any atom is 0.223 e. The average Bonchev–Trinajstić information content (AvgIpc) is 2.40. The Morgan fingerprint density at radius 2 is 1.89 bits per heavy atom. The summed E-state index contributed by atoms with van der Waals surface area (Å²) in [5.74, 6) is -0.0263. The summed E-state index contributed by atoms with van der Waals surface area (Å²) in [5, 5.41) is 3.02. The van der Waals surface area contributed by atoms with Crippen molar-refractivity contribution in [2.24, 2.45) is 5.92 Å². The van der Waals surface area contributed by atoms with E-state index in [0.717, 1.165) is 31.5 Å². The molecule has 1 N–H and O–H groups in total. The molecule has 0 spiro atoms. The van der Waals surface area contributed by atoms with Crippen molar-refractivity contribution in [2.75, 3.05) is 20.1 Å². The molecule has 1 fully saturated rings. The van der Waals surface area contributed by atoms with Crippen molar-refractivity contribution in [3.8, 4) is 0 Å². The first-order valence-electron chi connectivity index (χ1n) is 6.80. The number of benzene rings is 1. The van der Waals surface area contributed by atoms with Gasteiger partial charge in [-0.1, -0.05) is 12.1 Å². The van der Waals surface area contributed by atoms with E-state index in [1.165, 1.54) is 12.1 Å². The zero-order chi connectivity index (χ0) is 13.8. The summed E-state index contributed by atoms with van der Waals surface area (Å²) in [4.78, 5) is 14.4. The largest absolute Gasteiger partial charge is 0.349 e. The van der Waals surface area contributed by atoms with Gasteiger partial charge in [-0.3, -0.25) is 4.79 Å². The van der Waals surface area contributed by atoms with Crippen molar-refractivity contribution in [3.63, 3.8) is 0 Å². The molecule has 1 aliphatic heterocycles. The molecule has 2 rings (SSSR count). The highest BCUT2D eigenvalue weighted by atomic mass is 19.1. The number of piperidine rings is 1. The molecule has 1 aliphatic rings. The normalized spacial score (nSPS) is 19.1. The molecule has 0 aliphatic carbocycles. The predicted molar refractivity (Wildman–Crippen MR) is 73.2 cm³/mol. The van der Waals surface area contributed by atoms with Gasteiger partial charge in [-0.05, 0) is 57.6 Å². The Morgan fingerprint density at radius 1 is 1.32 bits per heavy atom. The van der Waals surface area contributed by atoms with Gasteiger partial charge in [-0.15, -0.1) is 0 Å². The second-order valence-electron chi connectivity index (χ2n) is 5.36. The third-order valence-corrected chi connectivity index (χ3v) is 3.82. The van der Waals surface area contributed by atoms with E-state index in [1.54, 1.807) is 12.1 Å². The molecule has 4 heteroatoms. The van der Waals surface area contributed by atoms with Crippen LogP contribution in [0.15, 0.2) is 24.3 Å². The molecule has 0 unspecified atom stereocenters. The zero-order valence-electron chi connectivity index (χ0n) is 11.5. The Hall–Kier alpha value is -1.42. The van der Waals surface area contributed by atoms with Gasteiger partial charge in [0.25, 0.3) is 0 Å². The maximum absolute atomic E-state index is 12.8. The molecule has 19 heavy (non-hydrogen) atoms. The van der Waals surface area contributed by atoms with Gasteiger partial charge < -0.3 is 10.2 Å². The number of nitrogens with one attached hydrogen (secondary N) is 1. The topological polar surface area (TPSA) is 32.3 Å². The number of likely N-dealkylation sites (tertiary alicyclic amines) is 1. The van der Waals surface area contributed by atoms with Crippen molar-refractivity contribution in [1.29, 1.82) is 0 Å². The van der Waals surface area contributed by atoms with Crippen LogP contribution in [0.4, 0.5) is 4.39 Å². The first-order chi connectivity index (χ1) is 9.06. The number of amides is 1. The SMILES string of the molecule is C[C@@H](NC(=O)C1CCN(C)CC1)c1ccc(F)cc1. The fraction of sp³-hybridized carbons (Fsp3) is 0.533. The van der Waals surface area contributed by atoms with Crippen LogP contribution in [0.3, 0.4) is 0 Å². The molecule has 3 nitrogen and oxygen atoms in total. The second kappa shape index (κ2) is 6.15. The van der Waals surface area contributed by atoms with Crippen molar-refractivity contribution >= 4 is 5.91 Å². The molecule has 1 aromatic rings. The number of rotatable bonds is 3. The molecule has 1 heterocycles. The lowest BCUT2D eigenvalue weighted by Gasteiger charge is -2.29. The van der Waals surface area contributed by atoms with Gasteiger partial charge in [-0.25, -0.2) is 4.39 Å². The predicted octanol–water partition coefficient (Wildman–Crippen LogP) is 2.34. The Morgan fingerprint density at radius 3 is 2.47 bits per heavy atom. The lowest BCUT2D eigenvalue weighted by atomic mass is 9.95. The van der Waals surface area contributed by atoms with Crippen molar-refractivity contribution in [1.82, 2.24) is 10.2 Å². The van der Waals surface area contributed by atoms with Gasteiger partial charge in [0.2, 0.25) is 5.91 Å². The molecule has 1 amide bonds. The number of hydrogen-bond donors (Lipinski definition) is 1. The van der Waals surface area contributed by atoms with Crippen LogP contribution in [0, 0.1) is 11.7 Å². The van der Waals surface area contributed by atoms with E-state index in [1.807, 2.05) is 6.92 Å². The van der Waals surface area contributed by atoms with E-state index < -0.39 is 0 Å². The van der Waals surface area contributed by atoms with Crippen molar-refractivity contribution in [2.45, 2.75) is 25.8 Å². The Bertz CT molecular complexity index is 424. The van der Waals surface area contributed by atoms with Crippen LogP contribution in [0.5, 0.6) is 0 Å². The van der Waals surface area contributed by atoms with Gasteiger partial charge in [0, 0.05) is 5.92 Å². The third kappa shape index (κ3) is 3.77. The number of carbonyl (C=O) groups excluding carboxylic acids is 1. The van der Waals surface area contributed by atoms with E-state index in [0.29, 0.717) is 0 Å². The molecule has 1 aromatic carbocycles. The average molecular weight is 264 g/mol. The fourth-order valence-electron chi connectivity index (χ4n) is 2.44. The minimum Gasteiger partial charge on any atom is -0.349 e. The Balaban J connectivity index is 1.89. The van der Waals surface area contributed by atoms with Crippen LogP contribution >= 0.6 is 0 Å². The summed E-state index contributed by atoms with van der Waals surface area (Å²) < 4.78 is 12.8. The Labute approximate surface area is 113 Å². The van der Waals surface area contributed by atoms with Crippen molar-refractivity contribution < 1.29 is 9.18 Å². The summed E-state index contributed by atoms with van der Waals surface area (Å²) in [6, 6.07) is 6.21. The van der Waals surface area contributed by atoms with Crippen LogP contribution in [0.25, 0.3) is 0 Å². The number of nitrogens with zero attached hydrogens (tertiary/aromatic N) is 1. The first-order valence-corrected chi connectivity index (χ1v) is 6.80. The van der Waals surface area contributed by atoms with E-state index in [4.69, 9.17) is 0 Å². The van der Waals surface area contributed by atoms with Gasteiger partial charge in [0.1, 0.15) is 5.82 Å². The molecule has 0 saturated carbocycles. The van der Waals surface area contributed by atoms with E-state index in [-0.39, 0.29) is 23.7 Å².